The third kappa shape index (κ3) is 3.98. The standard InChI is InChI=1S/C19H20ClN3O4S/c1-22(2)13-6-8-15(9-7-13)28(26,27)23-14(4-3-5-19(24)25)12-16-17(23)10-11-18(20)21-16/h6-12H,3-5H2,1-2H3,(H,24,25). The van der Waals surface area contributed by atoms with Gasteiger partial charge in [0.2, 0.25) is 0 Å². The van der Waals surface area contributed by atoms with E-state index in [4.69, 9.17) is 16.7 Å². The monoisotopic (exact) mass is 421 g/mol. The number of carbonyl (C=O) groups is 1. The second-order valence-corrected chi connectivity index (χ2v) is 8.75. The van der Waals surface area contributed by atoms with Crippen molar-refractivity contribution in [2.75, 3.05) is 19.0 Å². The van der Waals surface area contributed by atoms with Crippen molar-refractivity contribution in [1.82, 2.24) is 8.96 Å². The molecule has 0 bridgehead atoms. The highest BCUT2D eigenvalue weighted by atomic mass is 35.5. The van der Waals surface area contributed by atoms with Gasteiger partial charge in [0.05, 0.1) is 15.9 Å². The van der Waals surface area contributed by atoms with Crippen LogP contribution in [0.5, 0.6) is 0 Å². The van der Waals surface area contributed by atoms with Gasteiger partial charge in [-0.2, -0.15) is 0 Å². The Morgan fingerprint density at radius 2 is 1.86 bits per heavy atom. The van der Waals surface area contributed by atoms with E-state index in [2.05, 4.69) is 4.98 Å². The Labute approximate surface area is 168 Å². The minimum absolute atomic E-state index is 0.0483. The van der Waals surface area contributed by atoms with Crippen molar-refractivity contribution in [3.05, 3.63) is 53.3 Å². The van der Waals surface area contributed by atoms with Crippen molar-refractivity contribution in [3.8, 4) is 0 Å². The molecular weight excluding hydrogens is 402 g/mol. The molecule has 1 N–H and O–H groups in total. The smallest absolute Gasteiger partial charge is 0.303 e. The van der Waals surface area contributed by atoms with Crippen LogP contribution in [0.15, 0.2) is 47.4 Å². The van der Waals surface area contributed by atoms with Crippen LogP contribution in [0.3, 0.4) is 0 Å². The van der Waals surface area contributed by atoms with E-state index < -0.39 is 16.0 Å². The highest BCUT2D eigenvalue weighted by molar-refractivity contribution is 7.90. The second kappa shape index (κ2) is 7.81. The maximum absolute atomic E-state index is 13.4. The fraction of sp³-hybridized carbons (Fsp3) is 0.263. The summed E-state index contributed by atoms with van der Waals surface area (Å²) in [6, 6.07) is 11.4. The molecule has 3 rings (SSSR count). The summed E-state index contributed by atoms with van der Waals surface area (Å²) in [6.07, 6.45) is 0.553. The number of halogens is 1. The molecule has 3 aromatic rings. The fourth-order valence-electron chi connectivity index (χ4n) is 2.99. The highest BCUT2D eigenvalue weighted by Gasteiger charge is 2.24. The van der Waals surface area contributed by atoms with Crippen molar-refractivity contribution in [2.24, 2.45) is 0 Å². The van der Waals surface area contributed by atoms with Crippen LogP contribution < -0.4 is 4.90 Å². The maximum Gasteiger partial charge on any atom is 0.303 e. The third-order valence-electron chi connectivity index (χ3n) is 4.37. The van der Waals surface area contributed by atoms with Gasteiger partial charge in [0.1, 0.15) is 5.15 Å². The average Bonchev–Trinajstić information content (AvgIpc) is 2.99. The molecule has 0 atom stereocenters. The molecule has 0 aliphatic heterocycles. The number of anilines is 1. The number of pyridine rings is 1. The van der Waals surface area contributed by atoms with Crippen LogP contribution >= 0.6 is 11.6 Å². The Kier molecular flexibility index (Phi) is 5.62. The first kappa shape index (κ1) is 20.2. The summed E-state index contributed by atoms with van der Waals surface area (Å²) in [6.45, 7) is 0. The Balaban J connectivity index is 2.11. The zero-order chi connectivity index (χ0) is 20.5. The largest absolute Gasteiger partial charge is 0.481 e. The molecule has 0 saturated carbocycles. The van der Waals surface area contributed by atoms with Crippen LogP contribution in [0.1, 0.15) is 18.5 Å². The van der Waals surface area contributed by atoms with E-state index in [0.29, 0.717) is 23.1 Å². The number of rotatable bonds is 7. The van der Waals surface area contributed by atoms with E-state index in [1.807, 2.05) is 19.0 Å². The average molecular weight is 422 g/mol. The summed E-state index contributed by atoms with van der Waals surface area (Å²) < 4.78 is 28.0. The van der Waals surface area contributed by atoms with Crippen LogP contribution in [-0.2, 0) is 21.2 Å². The molecule has 28 heavy (non-hydrogen) atoms. The lowest BCUT2D eigenvalue weighted by molar-refractivity contribution is -0.137. The Morgan fingerprint density at radius 1 is 1.18 bits per heavy atom. The van der Waals surface area contributed by atoms with Gasteiger partial charge in [0.25, 0.3) is 10.0 Å². The van der Waals surface area contributed by atoms with Crippen molar-refractivity contribution < 1.29 is 18.3 Å². The number of aromatic nitrogens is 2. The van der Waals surface area contributed by atoms with Crippen LogP contribution in [-0.4, -0.2) is 42.5 Å². The molecule has 0 fully saturated rings. The molecule has 0 spiro atoms. The lowest BCUT2D eigenvalue weighted by Crippen LogP contribution is -2.16. The number of benzene rings is 1. The minimum atomic E-state index is -3.89. The summed E-state index contributed by atoms with van der Waals surface area (Å²) in [5.41, 5.74) is 2.21. The molecule has 0 amide bonds. The predicted molar refractivity (Wildman–Crippen MR) is 109 cm³/mol. The fourth-order valence-corrected chi connectivity index (χ4v) is 4.70. The molecule has 7 nitrogen and oxygen atoms in total. The number of fused-ring (bicyclic) bond motifs is 1. The van der Waals surface area contributed by atoms with Crippen LogP contribution in [0.4, 0.5) is 5.69 Å². The summed E-state index contributed by atoms with van der Waals surface area (Å²) >= 11 is 5.95. The number of aryl methyl sites for hydroxylation is 1. The minimum Gasteiger partial charge on any atom is -0.481 e. The molecule has 9 heteroatoms. The maximum atomic E-state index is 13.4. The zero-order valence-electron chi connectivity index (χ0n) is 15.5. The number of aliphatic carboxylic acids is 1. The van der Waals surface area contributed by atoms with Gasteiger partial charge >= 0.3 is 5.97 Å². The first-order valence-corrected chi connectivity index (χ1v) is 10.4. The van der Waals surface area contributed by atoms with Crippen LogP contribution in [0.25, 0.3) is 11.0 Å². The normalized spacial score (nSPS) is 11.7. The van der Waals surface area contributed by atoms with Crippen molar-refractivity contribution in [1.29, 1.82) is 0 Å². The summed E-state index contributed by atoms with van der Waals surface area (Å²) in [5.74, 6) is -0.925. The first-order valence-electron chi connectivity index (χ1n) is 8.62. The molecule has 148 valence electrons. The second-order valence-electron chi connectivity index (χ2n) is 6.58. The Bertz CT molecular complexity index is 1120. The molecule has 1 aromatic carbocycles. The van der Waals surface area contributed by atoms with Gasteiger partial charge < -0.3 is 10.0 Å². The van der Waals surface area contributed by atoms with E-state index in [1.54, 1.807) is 36.4 Å². The molecular formula is C19H20ClN3O4S. The van der Waals surface area contributed by atoms with Crippen molar-refractivity contribution in [2.45, 2.75) is 24.2 Å². The quantitative estimate of drug-likeness (QED) is 0.588. The van der Waals surface area contributed by atoms with E-state index in [0.717, 1.165) is 5.69 Å². The third-order valence-corrected chi connectivity index (χ3v) is 6.36. The molecule has 0 radical (unpaired) electrons. The SMILES string of the molecule is CN(C)c1ccc(S(=O)(=O)n2c(CCCC(=O)O)cc3nc(Cl)ccc32)cc1. The van der Waals surface area contributed by atoms with Gasteiger partial charge in [0.15, 0.2) is 0 Å². The number of hydrogen-bond acceptors (Lipinski definition) is 5. The van der Waals surface area contributed by atoms with Gasteiger partial charge in [-0.05, 0) is 55.3 Å². The van der Waals surface area contributed by atoms with Gasteiger partial charge in [-0.25, -0.2) is 17.4 Å². The summed E-state index contributed by atoms with van der Waals surface area (Å²) in [7, 11) is -0.143. The number of nitrogens with zero attached hydrogens (tertiary/aromatic N) is 3. The molecule has 0 aliphatic rings. The molecule has 2 aromatic heterocycles. The van der Waals surface area contributed by atoms with Gasteiger partial charge in [-0.3, -0.25) is 4.79 Å². The van der Waals surface area contributed by atoms with Crippen molar-refractivity contribution in [3.63, 3.8) is 0 Å². The lowest BCUT2D eigenvalue weighted by atomic mass is 10.2. The molecule has 2 heterocycles. The summed E-state index contributed by atoms with van der Waals surface area (Å²) in [4.78, 5) is 17.1. The topological polar surface area (TPSA) is 92.5 Å². The van der Waals surface area contributed by atoms with E-state index in [9.17, 15) is 13.2 Å². The van der Waals surface area contributed by atoms with Gasteiger partial charge in [-0.15, -0.1) is 0 Å². The highest BCUT2D eigenvalue weighted by Crippen LogP contribution is 2.28. The van der Waals surface area contributed by atoms with E-state index in [1.165, 1.54) is 10.0 Å². The van der Waals surface area contributed by atoms with Crippen molar-refractivity contribution >= 4 is 44.3 Å². The van der Waals surface area contributed by atoms with Crippen LogP contribution in [0.2, 0.25) is 5.15 Å². The molecule has 0 saturated heterocycles. The van der Waals surface area contributed by atoms with Gasteiger partial charge in [-0.1, -0.05) is 11.6 Å². The predicted octanol–water partition coefficient (Wildman–Crippen LogP) is 3.40. The molecule has 0 unspecified atom stereocenters. The van der Waals surface area contributed by atoms with E-state index >= 15 is 0 Å². The summed E-state index contributed by atoms with van der Waals surface area (Å²) in [5, 5.41) is 9.15. The molecule has 0 aliphatic carbocycles. The van der Waals surface area contributed by atoms with Crippen LogP contribution in [0, 0.1) is 0 Å². The Morgan fingerprint density at radius 3 is 2.46 bits per heavy atom. The number of hydrogen-bond donors (Lipinski definition) is 1. The lowest BCUT2D eigenvalue weighted by Gasteiger charge is -2.15. The van der Waals surface area contributed by atoms with Gasteiger partial charge in [0, 0.05) is 31.9 Å². The number of carboxylic acid groups (broad SMARTS) is 1. The number of carboxylic acids is 1. The zero-order valence-corrected chi connectivity index (χ0v) is 17.0. The van der Waals surface area contributed by atoms with E-state index in [-0.39, 0.29) is 22.9 Å². The first-order chi connectivity index (χ1) is 13.2. The Hall–Kier alpha value is -2.58.